The van der Waals surface area contributed by atoms with E-state index in [0.717, 1.165) is 49.9 Å². The minimum absolute atomic E-state index is 0.0419. The van der Waals surface area contributed by atoms with Crippen LogP contribution in [0.15, 0.2) is 30.7 Å². The summed E-state index contributed by atoms with van der Waals surface area (Å²) in [6, 6.07) is 4.28. The molecule has 3 heterocycles. The zero-order valence-corrected chi connectivity index (χ0v) is 13.9. The van der Waals surface area contributed by atoms with Crippen LogP contribution in [0.2, 0.25) is 0 Å². The van der Waals surface area contributed by atoms with Gasteiger partial charge in [-0.2, -0.15) is 13.2 Å². The molecule has 0 amide bonds. The first-order chi connectivity index (χ1) is 12.0. The van der Waals surface area contributed by atoms with Crippen LogP contribution < -0.4 is 10.2 Å². The Morgan fingerprint density at radius 3 is 2.64 bits per heavy atom. The molecule has 25 heavy (non-hydrogen) atoms. The van der Waals surface area contributed by atoms with E-state index in [1.54, 1.807) is 6.33 Å². The van der Waals surface area contributed by atoms with Gasteiger partial charge in [-0.15, -0.1) is 0 Å². The number of rotatable bonds is 4. The van der Waals surface area contributed by atoms with E-state index >= 15 is 0 Å². The summed E-state index contributed by atoms with van der Waals surface area (Å²) in [5, 5.41) is 2.96. The molecule has 1 N–H and O–H groups in total. The van der Waals surface area contributed by atoms with E-state index in [9.17, 15) is 13.2 Å². The van der Waals surface area contributed by atoms with Gasteiger partial charge in [0.1, 0.15) is 18.0 Å². The molecule has 0 bridgehead atoms. The quantitative estimate of drug-likeness (QED) is 0.913. The molecule has 5 nitrogen and oxygen atoms in total. The molecule has 1 saturated heterocycles. The van der Waals surface area contributed by atoms with Crippen molar-refractivity contribution in [3.8, 4) is 0 Å². The van der Waals surface area contributed by atoms with Gasteiger partial charge in [0.05, 0.1) is 5.56 Å². The highest BCUT2D eigenvalue weighted by molar-refractivity contribution is 5.47. The van der Waals surface area contributed by atoms with Gasteiger partial charge >= 0.3 is 6.18 Å². The standard InChI is InChI=1S/C17H20F3N5/c1-2-12-10-15(23-11-22-12)25-8-5-13(6-9-25)24-16-14(17(18,19)20)4-3-7-21-16/h3-4,7,10-11,13H,2,5-6,8-9H2,1H3,(H,21,24). The molecular weight excluding hydrogens is 331 g/mol. The number of hydrogen-bond donors (Lipinski definition) is 1. The summed E-state index contributed by atoms with van der Waals surface area (Å²) in [5.74, 6) is 0.780. The summed E-state index contributed by atoms with van der Waals surface area (Å²) in [4.78, 5) is 14.5. The van der Waals surface area contributed by atoms with E-state index in [4.69, 9.17) is 0 Å². The van der Waals surface area contributed by atoms with Crippen LogP contribution in [0, 0.1) is 0 Å². The van der Waals surface area contributed by atoms with Crippen LogP contribution in [0.5, 0.6) is 0 Å². The van der Waals surface area contributed by atoms with Crippen molar-refractivity contribution in [2.24, 2.45) is 0 Å². The van der Waals surface area contributed by atoms with Crippen molar-refractivity contribution in [3.05, 3.63) is 42.0 Å². The molecule has 0 aromatic carbocycles. The van der Waals surface area contributed by atoms with Gasteiger partial charge in [-0.25, -0.2) is 15.0 Å². The lowest BCUT2D eigenvalue weighted by atomic mass is 10.0. The van der Waals surface area contributed by atoms with Crippen LogP contribution in [-0.4, -0.2) is 34.1 Å². The maximum Gasteiger partial charge on any atom is 0.419 e. The number of nitrogens with zero attached hydrogens (tertiary/aromatic N) is 4. The van der Waals surface area contributed by atoms with Crippen molar-refractivity contribution in [1.82, 2.24) is 15.0 Å². The summed E-state index contributed by atoms with van der Waals surface area (Å²) < 4.78 is 39.2. The SMILES string of the molecule is CCc1cc(N2CCC(Nc3ncccc3C(F)(F)F)CC2)ncn1. The van der Waals surface area contributed by atoms with Crippen LogP contribution in [0.4, 0.5) is 24.8 Å². The smallest absolute Gasteiger partial charge is 0.367 e. The molecule has 3 rings (SSSR count). The van der Waals surface area contributed by atoms with Crippen LogP contribution in [-0.2, 0) is 12.6 Å². The third-order valence-electron chi connectivity index (χ3n) is 4.34. The van der Waals surface area contributed by atoms with Crippen molar-refractivity contribution in [2.45, 2.75) is 38.4 Å². The third kappa shape index (κ3) is 4.18. The maximum absolute atomic E-state index is 13.1. The monoisotopic (exact) mass is 351 g/mol. The minimum atomic E-state index is -4.41. The van der Waals surface area contributed by atoms with E-state index < -0.39 is 11.7 Å². The summed E-state index contributed by atoms with van der Waals surface area (Å²) in [6.07, 6.45) is 0.808. The zero-order valence-electron chi connectivity index (χ0n) is 13.9. The number of aromatic nitrogens is 3. The van der Waals surface area contributed by atoms with Crippen LogP contribution in [0.25, 0.3) is 0 Å². The number of hydrogen-bond acceptors (Lipinski definition) is 5. The van der Waals surface area contributed by atoms with Gasteiger partial charge in [-0.3, -0.25) is 0 Å². The fraction of sp³-hybridized carbons (Fsp3) is 0.471. The number of anilines is 2. The Morgan fingerprint density at radius 2 is 1.96 bits per heavy atom. The number of aryl methyl sites for hydroxylation is 1. The largest absolute Gasteiger partial charge is 0.419 e. The Bertz CT molecular complexity index is 711. The average Bonchev–Trinajstić information content (AvgIpc) is 2.62. The van der Waals surface area contributed by atoms with E-state index in [-0.39, 0.29) is 11.9 Å². The average molecular weight is 351 g/mol. The summed E-state index contributed by atoms with van der Waals surface area (Å²) in [5.41, 5.74) is 0.259. The molecule has 2 aromatic heterocycles. The maximum atomic E-state index is 13.1. The second-order valence-electron chi connectivity index (χ2n) is 6.02. The second kappa shape index (κ2) is 7.25. The molecule has 0 atom stereocenters. The van der Waals surface area contributed by atoms with E-state index in [2.05, 4.69) is 25.2 Å². The molecule has 0 aliphatic carbocycles. The molecule has 0 radical (unpaired) electrons. The highest BCUT2D eigenvalue weighted by atomic mass is 19.4. The normalized spacial score (nSPS) is 16.1. The molecule has 0 saturated carbocycles. The lowest BCUT2D eigenvalue weighted by Gasteiger charge is -2.33. The molecule has 1 aliphatic heterocycles. The predicted molar refractivity (Wildman–Crippen MR) is 89.5 cm³/mol. The summed E-state index contributed by atoms with van der Waals surface area (Å²) in [7, 11) is 0. The van der Waals surface area contributed by atoms with Gasteiger partial charge < -0.3 is 10.2 Å². The molecule has 1 aliphatic rings. The van der Waals surface area contributed by atoms with Crippen molar-refractivity contribution in [1.29, 1.82) is 0 Å². The van der Waals surface area contributed by atoms with Gasteiger partial charge in [-0.1, -0.05) is 6.92 Å². The Hall–Kier alpha value is -2.38. The number of nitrogens with one attached hydrogen (secondary N) is 1. The zero-order chi connectivity index (χ0) is 17.9. The molecule has 0 unspecified atom stereocenters. The number of piperidine rings is 1. The number of alkyl halides is 3. The van der Waals surface area contributed by atoms with E-state index in [1.807, 2.05) is 13.0 Å². The van der Waals surface area contributed by atoms with Crippen LogP contribution in [0.3, 0.4) is 0 Å². The molecule has 134 valence electrons. The molecular formula is C17H20F3N5. The molecule has 0 spiro atoms. The Labute approximate surface area is 144 Å². The first-order valence-corrected chi connectivity index (χ1v) is 8.32. The van der Waals surface area contributed by atoms with Crippen molar-refractivity contribution < 1.29 is 13.2 Å². The number of pyridine rings is 1. The summed E-state index contributed by atoms with van der Waals surface area (Å²) >= 11 is 0. The molecule has 2 aromatic rings. The van der Waals surface area contributed by atoms with Crippen LogP contribution in [0.1, 0.15) is 31.0 Å². The Balaban J connectivity index is 1.64. The first-order valence-electron chi connectivity index (χ1n) is 8.32. The summed E-state index contributed by atoms with van der Waals surface area (Å²) in [6.45, 7) is 3.49. The molecule has 1 fully saturated rings. The van der Waals surface area contributed by atoms with Crippen molar-refractivity contribution >= 4 is 11.6 Å². The lowest BCUT2D eigenvalue weighted by molar-refractivity contribution is -0.137. The van der Waals surface area contributed by atoms with Gasteiger partial charge in [0.25, 0.3) is 0 Å². The fourth-order valence-electron chi connectivity index (χ4n) is 2.95. The topological polar surface area (TPSA) is 53.9 Å². The lowest BCUT2D eigenvalue weighted by Crippen LogP contribution is -2.40. The Kier molecular flexibility index (Phi) is 5.06. The van der Waals surface area contributed by atoms with Gasteiger partial charge in [-0.05, 0) is 31.4 Å². The fourth-order valence-corrected chi connectivity index (χ4v) is 2.95. The highest BCUT2D eigenvalue weighted by Gasteiger charge is 2.34. The van der Waals surface area contributed by atoms with Gasteiger partial charge in [0, 0.05) is 37.1 Å². The second-order valence-corrected chi connectivity index (χ2v) is 6.02. The minimum Gasteiger partial charge on any atom is -0.367 e. The van der Waals surface area contributed by atoms with E-state index in [1.165, 1.54) is 12.3 Å². The van der Waals surface area contributed by atoms with Crippen molar-refractivity contribution in [2.75, 3.05) is 23.3 Å². The predicted octanol–water partition coefficient (Wildman–Crippen LogP) is 3.53. The van der Waals surface area contributed by atoms with E-state index in [0.29, 0.717) is 0 Å². The van der Waals surface area contributed by atoms with Gasteiger partial charge in [0.15, 0.2) is 0 Å². The Morgan fingerprint density at radius 1 is 1.20 bits per heavy atom. The number of halogens is 3. The first kappa shape index (κ1) is 17.4. The van der Waals surface area contributed by atoms with Crippen molar-refractivity contribution in [3.63, 3.8) is 0 Å². The van der Waals surface area contributed by atoms with Gasteiger partial charge in [0.2, 0.25) is 0 Å². The third-order valence-corrected chi connectivity index (χ3v) is 4.34. The van der Waals surface area contributed by atoms with Crippen LogP contribution >= 0.6 is 0 Å². The highest BCUT2D eigenvalue weighted by Crippen LogP contribution is 2.34. The molecule has 8 heteroatoms.